The number of carbonyl (C=O) groups excluding carboxylic acids is 2. The molecule has 0 aromatic carbocycles. The van der Waals surface area contributed by atoms with Gasteiger partial charge in [-0.1, -0.05) is 0 Å². The summed E-state index contributed by atoms with van der Waals surface area (Å²) in [5.74, 6) is -2.10. The Morgan fingerprint density at radius 2 is 1.71 bits per heavy atom. The van der Waals surface area contributed by atoms with Crippen molar-refractivity contribution >= 4 is 22.0 Å². The molecule has 2 heterocycles. The summed E-state index contributed by atoms with van der Waals surface area (Å²) in [4.78, 5) is 22.7. The lowest BCUT2D eigenvalue weighted by Crippen LogP contribution is -2.45. The highest BCUT2D eigenvalue weighted by molar-refractivity contribution is 7.90. The molecule has 94 valence electrons. The third-order valence-electron chi connectivity index (χ3n) is 3.69. The number of carbonyl (C=O) groups is 2. The molecule has 7 heteroatoms. The second-order valence-corrected chi connectivity index (χ2v) is 7.06. The van der Waals surface area contributed by atoms with E-state index < -0.39 is 33.8 Å². The second kappa shape index (κ2) is 3.52. The van der Waals surface area contributed by atoms with E-state index in [0.717, 1.165) is 0 Å². The first-order valence-electron chi connectivity index (χ1n) is 5.74. The van der Waals surface area contributed by atoms with Gasteiger partial charge in [0, 0.05) is 13.1 Å². The van der Waals surface area contributed by atoms with Gasteiger partial charge in [0.2, 0.25) is 10.0 Å². The Balaban J connectivity index is 1.80. The number of rotatable bonds is 2. The van der Waals surface area contributed by atoms with Gasteiger partial charge in [0.25, 0.3) is 0 Å². The van der Waals surface area contributed by atoms with Crippen molar-refractivity contribution < 1.29 is 22.7 Å². The topological polar surface area (TPSA) is 80.8 Å². The van der Waals surface area contributed by atoms with Gasteiger partial charge in [-0.15, -0.1) is 0 Å². The number of sulfonamides is 1. The molecule has 1 saturated carbocycles. The average molecular weight is 259 g/mol. The van der Waals surface area contributed by atoms with Crippen molar-refractivity contribution in [2.24, 2.45) is 11.8 Å². The first-order chi connectivity index (χ1) is 8.00. The SMILES string of the molecule is O=C1OC(=O)C2CN(S(=O)(=O)C3CC3)CCC12. The second-order valence-electron chi connectivity index (χ2n) is 4.84. The summed E-state index contributed by atoms with van der Waals surface area (Å²) < 4.78 is 29.9. The molecule has 0 amide bonds. The first-order valence-corrected chi connectivity index (χ1v) is 7.25. The molecule has 2 aliphatic heterocycles. The van der Waals surface area contributed by atoms with E-state index in [-0.39, 0.29) is 11.8 Å². The van der Waals surface area contributed by atoms with E-state index in [0.29, 0.717) is 25.8 Å². The third kappa shape index (κ3) is 1.68. The van der Waals surface area contributed by atoms with Crippen molar-refractivity contribution in [1.82, 2.24) is 4.31 Å². The fraction of sp³-hybridized carbons (Fsp3) is 0.800. The lowest BCUT2D eigenvalue weighted by atomic mass is 9.89. The van der Waals surface area contributed by atoms with Crippen LogP contribution in [-0.4, -0.2) is 43.0 Å². The van der Waals surface area contributed by atoms with E-state index in [4.69, 9.17) is 0 Å². The van der Waals surface area contributed by atoms with E-state index in [1.807, 2.05) is 0 Å². The normalized spacial score (nSPS) is 34.6. The van der Waals surface area contributed by atoms with Crippen LogP contribution in [0.3, 0.4) is 0 Å². The van der Waals surface area contributed by atoms with Gasteiger partial charge >= 0.3 is 11.9 Å². The summed E-state index contributed by atoms with van der Waals surface area (Å²) in [7, 11) is -3.25. The molecular formula is C10H13NO5S. The number of fused-ring (bicyclic) bond motifs is 1. The van der Waals surface area contributed by atoms with Gasteiger partial charge in [-0.25, -0.2) is 12.7 Å². The quantitative estimate of drug-likeness (QED) is 0.493. The molecule has 0 aromatic heterocycles. The molecule has 17 heavy (non-hydrogen) atoms. The predicted octanol–water partition coefficient (Wildman–Crippen LogP) is -0.500. The molecule has 6 nitrogen and oxygen atoms in total. The predicted molar refractivity (Wildman–Crippen MR) is 56.2 cm³/mol. The summed E-state index contributed by atoms with van der Waals surface area (Å²) >= 11 is 0. The van der Waals surface area contributed by atoms with Gasteiger partial charge in [0.1, 0.15) is 0 Å². The summed E-state index contributed by atoms with van der Waals surface area (Å²) in [6.45, 7) is 0.427. The van der Waals surface area contributed by atoms with Gasteiger partial charge in [0.05, 0.1) is 17.1 Å². The number of piperidine rings is 1. The van der Waals surface area contributed by atoms with Gasteiger partial charge in [-0.3, -0.25) is 9.59 Å². The standard InChI is InChI=1S/C10H13NO5S/c12-9-7-3-4-11(5-8(7)10(13)16-9)17(14,15)6-1-2-6/h6-8H,1-5H2. The van der Waals surface area contributed by atoms with Crippen molar-refractivity contribution in [2.75, 3.05) is 13.1 Å². The third-order valence-corrected chi connectivity index (χ3v) is 6.05. The average Bonchev–Trinajstić information content (AvgIpc) is 3.08. The molecule has 0 spiro atoms. The minimum Gasteiger partial charge on any atom is -0.393 e. The molecule has 3 fully saturated rings. The Labute approximate surface area is 99.0 Å². The van der Waals surface area contributed by atoms with Crippen LogP contribution in [0, 0.1) is 11.8 Å². The molecular weight excluding hydrogens is 246 g/mol. The molecule has 0 bridgehead atoms. The van der Waals surface area contributed by atoms with Crippen LogP contribution in [-0.2, 0) is 24.3 Å². The lowest BCUT2D eigenvalue weighted by Gasteiger charge is -2.30. The zero-order valence-electron chi connectivity index (χ0n) is 9.16. The lowest BCUT2D eigenvalue weighted by molar-refractivity contribution is -0.153. The molecule has 3 aliphatic rings. The van der Waals surface area contributed by atoms with Gasteiger partial charge in [-0.2, -0.15) is 0 Å². The van der Waals surface area contributed by atoms with E-state index in [1.54, 1.807) is 0 Å². The van der Waals surface area contributed by atoms with Crippen LogP contribution in [0.15, 0.2) is 0 Å². The Kier molecular flexibility index (Phi) is 2.31. The maximum atomic E-state index is 12.0. The molecule has 2 atom stereocenters. The minimum atomic E-state index is -3.25. The van der Waals surface area contributed by atoms with Crippen LogP contribution in [0.5, 0.6) is 0 Å². The first kappa shape index (κ1) is 11.2. The monoisotopic (exact) mass is 259 g/mol. The molecule has 3 rings (SSSR count). The highest BCUT2D eigenvalue weighted by atomic mass is 32.2. The Bertz CT molecular complexity index is 481. The Morgan fingerprint density at radius 3 is 2.35 bits per heavy atom. The maximum Gasteiger partial charge on any atom is 0.318 e. The summed E-state index contributed by atoms with van der Waals surface area (Å²) in [5, 5.41) is -0.271. The van der Waals surface area contributed by atoms with Crippen LogP contribution >= 0.6 is 0 Å². The van der Waals surface area contributed by atoms with Crippen LogP contribution < -0.4 is 0 Å². The van der Waals surface area contributed by atoms with E-state index in [2.05, 4.69) is 4.74 Å². The maximum absolute atomic E-state index is 12.0. The van der Waals surface area contributed by atoms with E-state index in [9.17, 15) is 18.0 Å². The molecule has 0 N–H and O–H groups in total. The highest BCUT2D eigenvalue weighted by Gasteiger charge is 2.51. The molecule has 2 unspecified atom stereocenters. The summed E-state index contributed by atoms with van der Waals surface area (Å²) in [6, 6.07) is 0. The number of ether oxygens (including phenoxy) is 1. The van der Waals surface area contributed by atoms with Gasteiger partial charge in [0.15, 0.2) is 0 Å². The number of hydrogen-bond acceptors (Lipinski definition) is 5. The van der Waals surface area contributed by atoms with E-state index in [1.165, 1.54) is 4.31 Å². The van der Waals surface area contributed by atoms with Crippen LogP contribution in [0.4, 0.5) is 0 Å². The zero-order chi connectivity index (χ0) is 12.2. The zero-order valence-corrected chi connectivity index (χ0v) is 9.98. The number of cyclic esters (lactones) is 2. The molecule has 0 radical (unpaired) electrons. The summed E-state index contributed by atoms with van der Waals surface area (Å²) in [6.07, 6.45) is 1.80. The van der Waals surface area contributed by atoms with Crippen molar-refractivity contribution in [2.45, 2.75) is 24.5 Å². The number of esters is 2. The summed E-state index contributed by atoms with van der Waals surface area (Å²) in [5.41, 5.74) is 0. The van der Waals surface area contributed by atoms with Crippen molar-refractivity contribution in [1.29, 1.82) is 0 Å². The number of hydrogen-bond donors (Lipinski definition) is 0. The molecule has 1 aliphatic carbocycles. The smallest absolute Gasteiger partial charge is 0.318 e. The van der Waals surface area contributed by atoms with E-state index >= 15 is 0 Å². The Hall–Kier alpha value is -0.950. The van der Waals surface area contributed by atoms with Gasteiger partial charge < -0.3 is 4.74 Å². The van der Waals surface area contributed by atoms with Crippen molar-refractivity contribution in [3.05, 3.63) is 0 Å². The van der Waals surface area contributed by atoms with Crippen LogP contribution in [0.1, 0.15) is 19.3 Å². The van der Waals surface area contributed by atoms with Gasteiger partial charge in [-0.05, 0) is 19.3 Å². The van der Waals surface area contributed by atoms with Crippen LogP contribution in [0.2, 0.25) is 0 Å². The molecule has 0 aromatic rings. The fourth-order valence-corrected chi connectivity index (χ4v) is 4.38. The number of nitrogens with zero attached hydrogens (tertiary/aromatic N) is 1. The molecule has 2 saturated heterocycles. The largest absolute Gasteiger partial charge is 0.393 e. The van der Waals surface area contributed by atoms with Crippen molar-refractivity contribution in [3.8, 4) is 0 Å². The fourth-order valence-electron chi connectivity index (χ4n) is 2.50. The highest BCUT2D eigenvalue weighted by Crippen LogP contribution is 2.37. The Morgan fingerprint density at radius 1 is 1.06 bits per heavy atom. The van der Waals surface area contributed by atoms with Crippen molar-refractivity contribution in [3.63, 3.8) is 0 Å². The van der Waals surface area contributed by atoms with Crippen LogP contribution in [0.25, 0.3) is 0 Å². The minimum absolute atomic E-state index is 0.105.